The van der Waals surface area contributed by atoms with E-state index in [0.717, 1.165) is 0 Å². The molecular weight excluding hydrogens is 192 g/mol. The van der Waals surface area contributed by atoms with Crippen molar-refractivity contribution in [3.8, 4) is 0 Å². The lowest BCUT2D eigenvalue weighted by Gasteiger charge is -2.32. The molecule has 1 fully saturated rings. The van der Waals surface area contributed by atoms with Gasteiger partial charge in [-0.3, -0.25) is 0 Å². The van der Waals surface area contributed by atoms with Crippen LogP contribution in [-0.4, -0.2) is 18.4 Å². The van der Waals surface area contributed by atoms with E-state index in [0.29, 0.717) is 5.76 Å². The number of allylic oxidation sites excluding steroid dienone is 2. The van der Waals surface area contributed by atoms with Crippen molar-refractivity contribution in [2.75, 3.05) is 6.79 Å². The van der Waals surface area contributed by atoms with Gasteiger partial charge in [0.1, 0.15) is 5.76 Å². The smallest absolute Gasteiger partial charge is 0.391 e. The summed E-state index contributed by atoms with van der Waals surface area (Å²) in [5, 5.41) is 10.7. The average Bonchev–Trinajstić information content (AvgIpc) is 2.04. The van der Waals surface area contributed by atoms with E-state index in [1.165, 1.54) is 6.08 Å². The first kappa shape index (κ1) is 10.1. The molecule has 0 amide bonds. The van der Waals surface area contributed by atoms with Gasteiger partial charge in [0, 0.05) is 6.42 Å². The van der Waals surface area contributed by atoms with E-state index in [1.54, 1.807) is 12.2 Å². The number of hydrogen-bond donors (Lipinski definition) is 0. The van der Waals surface area contributed by atoms with Crippen molar-refractivity contribution in [2.45, 2.75) is 12.0 Å². The van der Waals surface area contributed by atoms with Crippen LogP contribution in [0.25, 0.3) is 0 Å². The lowest BCUT2D eigenvalue weighted by atomic mass is 9.93. The summed E-state index contributed by atoms with van der Waals surface area (Å²) in [4.78, 5) is 10.7. The van der Waals surface area contributed by atoms with Gasteiger partial charge < -0.3 is 9.47 Å². The molecule has 0 aromatic rings. The van der Waals surface area contributed by atoms with Gasteiger partial charge in [0.05, 0.1) is 0 Å². The van der Waals surface area contributed by atoms with Crippen LogP contribution in [0.1, 0.15) is 6.42 Å². The third kappa shape index (κ3) is 1.57. The van der Waals surface area contributed by atoms with Gasteiger partial charge in [-0.2, -0.15) is 13.5 Å². The summed E-state index contributed by atoms with van der Waals surface area (Å²) >= 11 is 0. The molecule has 0 N–H and O–H groups in total. The number of hydrogen-bond acceptors (Lipinski definition) is 3. The molecule has 1 radical (unpaired) electrons. The van der Waals surface area contributed by atoms with Crippen molar-refractivity contribution in [1.82, 2.24) is 0 Å². The van der Waals surface area contributed by atoms with E-state index in [-0.39, 0.29) is 26.7 Å². The lowest BCUT2D eigenvalue weighted by Crippen LogP contribution is -2.44. The molecule has 1 aliphatic heterocycles. The van der Waals surface area contributed by atoms with Gasteiger partial charge in [-0.25, -0.2) is 9.90 Å². The molecule has 13 heavy (non-hydrogen) atoms. The predicted octanol–water partition coefficient (Wildman–Crippen LogP) is 0.643. The Hall–Kier alpha value is -0.940. The maximum Gasteiger partial charge on any atom is 0.391 e. The minimum absolute atomic E-state index is 0. The Morgan fingerprint density at radius 3 is 2.92 bits per heavy atom. The zero-order valence-corrected chi connectivity index (χ0v) is 7.78. The van der Waals surface area contributed by atoms with Crippen LogP contribution in [0, 0.1) is 0 Å². The second-order valence-corrected chi connectivity index (χ2v) is 2.75. The Morgan fingerprint density at radius 2 is 2.31 bits per heavy atom. The van der Waals surface area contributed by atoms with Crippen LogP contribution in [0.3, 0.4) is 0 Å². The average molecular weight is 201 g/mol. The Kier molecular flexibility index (Phi) is 2.68. The first-order valence-corrected chi connectivity index (χ1v) is 3.59. The van der Waals surface area contributed by atoms with Gasteiger partial charge in [0.15, 0.2) is 12.4 Å². The Balaban J connectivity index is 0.000000845. The quantitative estimate of drug-likeness (QED) is 0.625. The summed E-state index contributed by atoms with van der Waals surface area (Å²) in [6.07, 6.45) is 5.04. The summed E-state index contributed by atoms with van der Waals surface area (Å²) < 4.78 is 10.0. The zero-order chi connectivity index (χ0) is 8.60. The molecule has 1 heterocycles. The van der Waals surface area contributed by atoms with Gasteiger partial charge >= 0.3 is 5.97 Å². The lowest BCUT2D eigenvalue weighted by molar-refractivity contribution is -0.191. The van der Waals surface area contributed by atoms with Gasteiger partial charge in [-0.1, -0.05) is 6.08 Å². The maximum absolute atomic E-state index is 10.7. The number of ether oxygens (including phenoxy) is 2. The molecular formula is C8H9O4S. The molecule has 1 unspecified atom stereocenters. The number of carbonyl (C=O) groups excluding carboxylic acids is 1. The highest BCUT2D eigenvalue weighted by Gasteiger charge is 2.44. The molecule has 1 aliphatic carbocycles. The summed E-state index contributed by atoms with van der Waals surface area (Å²) in [5.41, 5.74) is -1.29. The Morgan fingerprint density at radius 1 is 1.54 bits per heavy atom. The summed E-state index contributed by atoms with van der Waals surface area (Å²) in [7, 11) is 0. The predicted molar refractivity (Wildman–Crippen MR) is 47.7 cm³/mol. The second-order valence-electron chi connectivity index (χ2n) is 2.75. The minimum atomic E-state index is -1.29. The van der Waals surface area contributed by atoms with E-state index in [1.807, 2.05) is 0 Å². The molecule has 0 aromatic carbocycles. The molecule has 4 nitrogen and oxygen atoms in total. The SMILES string of the molecule is S.[O]C(=O)C12C=CC=C(C1)OCO2. The molecule has 1 saturated heterocycles. The van der Waals surface area contributed by atoms with Crippen LogP contribution < -0.4 is 0 Å². The monoisotopic (exact) mass is 201 g/mol. The van der Waals surface area contributed by atoms with Crippen molar-refractivity contribution in [2.24, 2.45) is 0 Å². The van der Waals surface area contributed by atoms with Crippen molar-refractivity contribution < 1.29 is 19.4 Å². The minimum Gasteiger partial charge on any atom is -0.472 e. The summed E-state index contributed by atoms with van der Waals surface area (Å²) in [5.74, 6) is -0.583. The second kappa shape index (κ2) is 3.43. The molecule has 0 saturated carbocycles. The highest BCUT2D eigenvalue weighted by atomic mass is 32.1. The van der Waals surface area contributed by atoms with Crippen LogP contribution in [0.5, 0.6) is 0 Å². The van der Waals surface area contributed by atoms with Crippen LogP contribution in [-0.2, 0) is 19.4 Å². The van der Waals surface area contributed by atoms with Crippen LogP contribution >= 0.6 is 13.5 Å². The van der Waals surface area contributed by atoms with Crippen LogP contribution in [0.15, 0.2) is 24.0 Å². The van der Waals surface area contributed by atoms with Crippen LogP contribution in [0.4, 0.5) is 0 Å². The molecule has 0 spiro atoms. The highest BCUT2D eigenvalue weighted by Crippen LogP contribution is 2.32. The molecule has 2 aliphatic rings. The standard InChI is InChI=1S/C8H7O4.H2S/c9-7(10)8-3-1-2-6(4-8)11-5-12-8;/h1-3H,4-5H2;1H2. The first-order chi connectivity index (χ1) is 5.73. The number of carbonyl (C=O) groups is 1. The highest BCUT2D eigenvalue weighted by molar-refractivity contribution is 7.59. The molecule has 1 atom stereocenters. The van der Waals surface area contributed by atoms with Crippen molar-refractivity contribution in [3.05, 3.63) is 24.0 Å². The molecule has 2 rings (SSSR count). The zero-order valence-electron chi connectivity index (χ0n) is 6.78. The molecule has 71 valence electrons. The maximum atomic E-state index is 10.7. The topological polar surface area (TPSA) is 55.4 Å². The summed E-state index contributed by atoms with van der Waals surface area (Å²) in [6.45, 7) is -0.0237. The van der Waals surface area contributed by atoms with E-state index in [4.69, 9.17) is 9.47 Å². The number of rotatable bonds is 1. The molecule has 2 bridgehead atoms. The molecule has 5 heteroatoms. The van der Waals surface area contributed by atoms with E-state index in [9.17, 15) is 9.90 Å². The molecule has 0 aromatic heterocycles. The third-order valence-corrected chi connectivity index (χ3v) is 1.99. The fraction of sp³-hybridized carbons (Fsp3) is 0.375. The normalized spacial score (nSPS) is 29.7. The van der Waals surface area contributed by atoms with E-state index in [2.05, 4.69) is 0 Å². The third-order valence-electron chi connectivity index (χ3n) is 1.99. The van der Waals surface area contributed by atoms with E-state index >= 15 is 0 Å². The van der Waals surface area contributed by atoms with Crippen LogP contribution in [0.2, 0.25) is 0 Å². The summed E-state index contributed by atoms with van der Waals surface area (Å²) in [6, 6.07) is 0. The Labute approximate surface area is 82.3 Å². The van der Waals surface area contributed by atoms with Gasteiger partial charge in [0.25, 0.3) is 0 Å². The fourth-order valence-corrected chi connectivity index (χ4v) is 1.30. The van der Waals surface area contributed by atoms with Gasteiger partial charge in [-0.05, 0) is 12.2 Å². The largest absolute Gasteiger partial charge is 0.472 e. The van der Waals surface area contributed by atoms with E-state index < -0.39 is 11.6 Å². The van der Waals surface area contributed by atoms with Gasteiger partial charge in [-0.15, -0.1) is 0 Å². The first-order valence-electron chi connectivity index (χ1n) is 3.59. The fourth-order valence-electron chi connectivity index (χ4n) is 1.30. The van der Waals surface area contributed by atoms with Crippen molar-refractivity contribution in [3.63, 3.8) is 0 Å². The van der Waals surface area contributed by atoms with Crippen molar-refractivity contribution in [1.29, 1.82) is 0 Å². The Bertz CT molecular complexity index is 284. The van der Waals surface area contributed by atoms with Gasteiger partial charge in [0.2, 0.25) is 0 Å². The number of fused-ring (bicyclic) bond motifs is 2. The van der Waals surface area contributed by atoms with Crippen molar-refractivity contribution >= 4 is 19.5 Å².